The quantitative estimate of drug-likeness (QED) is 0.611. The second-order valence-corrected chi connectivity index (χ2v) is 2.13. The average Bonchev–Trinajstić information content (AvgIpc) is 1.99. The summed E-state index contributed by atoms with van der Waals surface area (Å²) in [4.78, 5) is 0. The summed E-state index contributed by atoms with van der Waals surface area (Å²) in [5, 5.41) is 0. The predicted octanol–water partition coefficient (Wildman–Crippen LogP) is 2.14. The van der Waals surface area contributed by atoms with E-state index in [1.165, 1.54) is 5.57 Å². The number of nitrogens with two attached hydrogens (primary N) is 1. The van der Waals surface area contributed by atoms with Gasteiger partial charge >= 0.3 is 0 Å². The molecule has 0 aromatic heterocycles. The largest absolute Gasteiger partial charge is 0.450 e. The van der Waals surface area contributed by atoms with Gasteiger partial charge in [-0.25, -0.2) is 0 Å². The van der Waals surface area contributed by atoms with Crippen molar-refractivity contribution in [2.24, 2.45) is 5.73 Å². The average molecular weight is 141 g/mol. The molecule has 0 heterocycles. The van der Waals surface area contributed by atoms with Crippen molar-refractivity contribution in [1.82, 2.24) is 0 Å². The van der Waals surface area contributed by atoms with Crippen molar-refractivity contribution >= 4 is 0 Å². The first-order valence-electron chi connectivity index (χ1n) is 3.44. The molecule has 0 aliphatic heterocycles. The third-order valence-electron chi connectivity index (χ3n) is 1.24. The van der Waals surface area contributed by atoms with E-state index in [0.717, 1.165) is 6.42 Å². The number of rotatable bonds is 3. The van der Waals surface area contributed by atoms with E-state index in [1.54, 1.807) is 12.3 Å². The zero-order valence-electron chi connectivity index (χ0n) is 6.85. The van der Waals surface area contributed by atoms with Gasteiger partial charge in [0.25, 0.3) is 0 Å². The molecule has 2 nitrogen and oxygen atoms in total. The first-order valence-corrected chi connectivity index (χ1v) is 3.44. The number of allylic oxidation sites excluding steroid dienone is 2. The molecule has 58 valence electrons. The predicted molar refractivity (Wildman–Crippen MR) is 43.1 cm³/mol. The fourth-order valence-corrected chi connectivity index (χ4v) is 0.320. The van der Waals surface area contributed by atoms with E-state index in [4.69, 9.17) is 10.5 Å². The normalized spacial score (nSPS) is 13.5. The fourth-order valence-electron chi connectivity index (χ4n) is 0.320. The topological polar surface area (TPSA) is 35.2 Å². The number of hydrogen-bond acceptors (Lipinski definition) is 2. The molecule has 0 atom stereocenters. The van der Waals surface area contributed by atoms with Crippen LogP contribution in [0.25, 0.3) is 0 Å². The third-order valence-corrected chi connectivity index (χ3v) is 1.24. The van der Waals surface area contributed by atoms with Gasteiger partial charge in [0.1, 0.15) is 0 Å². The van der Waals surface area contributed by atoms with Crippen LogP contribution in [0.2, 0.25) is 0 Å². The van der Waals surface area contributed by atoms with E-state index >= 15 is 0 Å². The molecule has 0 fully saturated rings. The van der Waals surface area contributed by atoms with Gasteiger partial charge in [-0.2, -0.15) is 0 Å². The molecule has 0 amide bonds. The maximum absolute atomic E-state index is 5.37. The van der Waals surface area contributed by atoms with Crippen molar-refractivity contribution in [1.29, 1.82) is 0 Å². The molecular formula is C8H15NO. The van der Waals surface area contributed by atoms with Gasteiger partial charge in [0.2, 0.25) is 0 Å². The molecule has 2 N–H and O–H groups in total. The first kappa shape index (κ1) is 9.08. The second kappa shape index (κ2) is 4.91. The fraction of sp³-hybridized carbons (Fsp3) is 0.500. The van der Waals surface area contributed by atoms with Crippen molar-refractivity contribution < 1.29 is 4.74 Å². The summed E-state index contributed by atoms with van der Waals surface area (Å²) < 4.78 is 5.02. The molecule has 2 heteroatoms. The molecule has 0 aliphatic rings. The monoisotopic (exact) mass is 141 g/mol. The lowest BCUT2D eigenvalue weighted by atomic mass is 10.3. The van der Waals surface area contributed by atoms with Crippen molar-refractivity contribution in [2.75, 3.05) is 0 Å². The van der Waals surface area contributed by atoms with E-state index in [0.29, 0.717) is 5.88 Å². The molecule has 0 bridgehead atoms. The summed E-state index contributed by atoms with van der Waals surface area (Å²) in [6.45, 7) is 5.91. The molecule has 0 rings (SSSR count). The van der Waals surface area contributed by atoms with Crippen molar-refractivity contribution in [3.63, 3.8) is 0 Å². The number of ether oxygens (including phenoxy) is 1. The van der Waals surface area contributed by atoms with E-state index in [2.05, 4.69) is 6.92 Å². The summed E-state index contributed by atoms with van der Waals surface area (Å²) in [6, 6.07) is 0. The molecule has 0 aliphatic carbocycles. The highest BCUT2D eigenvalue weighted by Gasteiger charge is 1.85. The molecule has 0 spiro atoms. The van der Waals surface area contributed by atoms with Gasteiger partial charge in [-0.3, -0.25) is 0 Å². The van der Waals surface area contributed by atoms with Crippen LogP contribution in [-0.4, -0.2) is 0 Å². The van der Waals surface area contributed by atoms with Gasteiger partial charge in [0.15, 0.2) is 5.88 Å². The summed E-state index contributed by atoms with van der Waals surface area (Å²) >= 11 is 0. The van der Waals surface area contributed by atoms with E-state index in [-0.39, 0.29) is 0 Å². The Balaban J connectivity index is 3.72. The highest BCUT2D eigenvalue weighted by molar-refractivity contribution is 4.95. The Morgan fingerprint density at radius 1 is 1.60 bits per heavy atom. The van der Waals surface area contributed by atoms with Crippen LogP contribution < -0.4 is 5.73 Å². The molecule has 0 aromatic carbocycles. The number of hydrogen-bond donors (Lipinski definition) is 1. The maximum atomic E-state index is 5.37. The van der Waals surface area contributed by atoms with Gasteiger partial charge < -0.3 is 10.5 Å². The Morgan fingerprint density at radius 2 is 2.20 bits per heavy atom. The van der Waals surface area contributed by atoms with Crippen molar-refractivity contribution in [2.45, 2.75) is 27.2 Å². The minimum atomic E-state index is 0.452. The van der Waals surface area contributed by atoms with E-state index < -0.39 is 0 Å². The first-order chi connectivity index (χ1) is 4.70. The summed E-state index contributed by atoms with van der Waals surface area (Å²) in [5.41, 5.74) is 6.56. The molecule has 0 radical (unpaired) electrons. The molecular weight excluding hydrogens is 126 g/mol. The zero-order chi connectivity index (χ0) is 7.98. The van der Waals surface area contributed by atoms with Crippen LogP contribution in [0.1, 0.15) is 27.2 Å². The Hall–Kier alpha value is -0.920. The minimum Gasteiger partial charge on any atom is -0.450 e. The van der Waals surface area contributed by atoms with E-state index in [1.807, 2.05) is 13.8 Å². The molecule has 0 unspecified atom stereocenters. The molecule has 10 heavy (non-hydrogen) atoms. The molecule has 0 saturated carbocycles. The summed E-state index contributed by atoms with van der Waals surface area (Å²) in [7, 11) is 0. The van der Waals surface area contributed by atoms with Crippen molar-refractivity contribution in [3.05, 3.63) is 23.8 Å². The maximum Gasteiger partial charge on any atom is 0.185 e. The van der Waals surface area contributed by atoms with Crippen LogP contribution in [0.15, 0.2) is 23.8 Å². The van der Waals surface area contributed by atoms with Crippen LogP contribution in [-0.2, 0) is 4.74 Å². The molecule has 0 saturated heterocycles. The smallest absolute Gasteiger partial charge is 0.185 e. The zero-order valence-corrected chi connectivity index (χ0v) is 6.85. The van der Waals surface area contributed by atoms with Crippen LogP contribution >= 0.6 is 0 Å². The van der Waals surface area contributed by atoms with Gasteiger partial charge in [-0.15, -0.1) is 0 Å². The molecule has 0 aromatic rings. The van der Waals surface area contributed by atoms with Gasteiger partial charge in [-0.1, -0.05) is 6.92 Å². The van der Waals surface area contributed by atoms with E-state index in [9.17, 15) is 0 Å². The summed E-state index contributed by atoms with van der Waals surface area (Å²) in [5.74, 6) is 0.452. The van der Waals surface area contributed by atoms with Crippen LogP contribution in [0.5, 0.6) is 0 Å². The van der Waals surface area contributed by atoms with Gasteiger partial charge in [0.05, 0.1) is 6.26 Å². The lowest BCUT2D eigenvalue weighted by Gasteiger charge is -1.99. The van der Waals surface area contributed by atoms with Crippen LogP contribution in [0.4, 0.5) is 0 Å². The SMILES string of the molecule is C/C=C(/N)O/C=C(/C)CC. The second-order valence-electron chi connectivity index (χ2n) is 2.13. The minimum absolute atomic E-state index is 0.452. The highest BCUT2D eigenvalue weighted by Crippen LogP contribution is 1.99. The lowest BCUT2D eigenvalue weighted by molar-refractivity contribution is 0.340. The lowest BCUT2D eigenvalue weighted by Crippen LogP contribution is -1.97. The van der Waals surface area contributed by atoms with Crippen LogP contribution in [0.3, 0.4) is 0 Å². The van der Waals surface area contributed by atoms with Gasteiger partial charge in [-0.05, 0) is 31.9 Å². The Kier molecular flexibility index (Phi) is 4.46. The Labute approximate surface area is 62.4 Å². The van der Waals surface area contributed by atoms with Gasteiger partial charge in [0, 0.05) is 0 Å². The highest BCUT2D eigenvalue weighted by atomic mass is 16.5. The third kappa shape index (κ3) is 4.01. The Morgan fingerprint density at radius 3 is 2.60 bits per heavy atom. The Bertz CT molecular complexity index is 147. The summed E-state index contributed by atoms with van der Waals surface area (Å²) in [6.07, 6.45) is 4.39. The van der Waals surface area contributed by atoms with Crippen molar-refractivity contribution in [3.8, 4) is 0 Å². The standard InChI is InChI=1S/C8H15NO/c1-4-7(3)6-10-8(9)5-2/h5-6H,4,9H2,1-3H3/b7-6-,8-5-. The van der Waals surface area contributed by atoms with Crippen LogP contribution in [0, 0.1) is 0 Å².